The highest BCUT2D eigenvalue weighted by Gasteiger charge is 2.37. The summed E-state index contributed by atoms with van der Waals surface area (Å²) in [6.07, 6.45) is 0. The molecule has 0 bridgehead atoms. The highest BCUT2D eigenvalue weighted by Crippen LogP contribution is 2.36. The highest BCUT2D eigenvalue weighted by atomic mass is 35.5. The normalized spacial score (nSPS) is 12.5. The molecular formula is C12H17ClFNO3. The molecule has 0 unspecified atom stereocenters. The molecule has 0 amide bonds. The number of ether oxygens (including phenoxy) is 1. The molecule has 1 atom stereocenters. The number of methoxy groups -OCH3 is 1. The summed E-state index contributed by atoms with van der Waals surface area (Å²) in [5.41, 5.74) is 5.02. The third-order valence-corrected chi connectivity index (χ3v) is 2.81. The van der Waals surface area contributed by atoms with E-state index in [-0.39, 0.29) is 23.7 Å². The Bertz CT molecular complexity index is 437. The fraction of sp³-hybridized carbons (Fsp3) is 0.417. The third kappa shape index (κ3) is 3.11. The number of carbonyl (C=O) groups is 1. The maximum absolute atomic E-state index is 13.1. The summed E-state index contributed by atoms with van der Waals surface area (Å²) in [7, 11) is 1.25. The summed E-state index contributed by atoms with van der Waals surface area (Å²) in [5.74, 6) is -1.18. The van der Waals surface area contributed by atoms with Crippen molar-refractivity contribution in [2.75, 3.05) is 7.11 Å². The Labute approximate surface area is 111 Å². The Morgan fingerprint density at radius 1 is 1.50 bits per heavy atom. The van der Waals surface area contributed by atoms with Crippen molar-refractivity contribution in [1.29, 1.82) is 0 Å². The summed E-state index contributed by atoms with van der Waals surface area (Å²) < 4.78 is 17.7. The Morgan fingerprint density at radius 2 is 2.06 bits per heavy atom. The van der Waals surface area contributed by atoms with E-state index in [1.54, 1.807) is 13.8 Å². The maximum Gasteiger partial charge on any atom is 0.313 e. The van der Waals surface area contributed by atoms with E-state index in [1.165, 1.54) is 13.2 Å². The molecule has 0 heterocycles. The second-order valence-corrected chi connectivity index (χ2v) is 4.39. The molecule has 0 aliphatic rings. The van der Waals surface area contributed by atoms with Crippen molar-refractivity contribution in [3.63, 3.8) is 0 Å². The summed E-state index contributed by atoms with van der Waals surface area (Å²) in [5, 5.41) is 9.62. The number of hydrogen-bond donors (Lipinski definition) is 2. The zero-order valence-corrected chi connectivity index (χ0v) is 11.3. The summed E-state index contributed by atoms with van der Waals surface area (Å²) in [6, 6.07) is 2.59. The summed E-state index contributed by atoms with van der Waals surface area (Å²) >= 11 is 0. The third-order valence-electron chi connectivity index (χ3n) is 2.81. The number of esters is 1. The van der Waals surface area contributed by atoms with Crippen molar-refractivity contribution in [2.45, 2.75) is 19.9 Å². The molecule has 102 valence electrons. The number of phenols is 1. The van der Waals surface area contributed by atoms with E-state index in [4.69, 9.17) is 5.73 Å². The largest absolute Gasteiger partial charge is 0.508 e. The first-order valence-corrected chi connectivity index (χ1v) is 5.13. The first kappa shape index (κ1) is 16.7. The van der Waals surface area contributed by atoms with Crippen LogP contribution >= 0.6 is 12.4 Å². The van der Waals surface area contributed by atoms with Gasteiger partial charge in [-0.1, -0.05) is 0 Å². The first-order valence-electron chi connectivity index (χ1n) is 5.13. The molecule has 0 spiro atoms. The van der Waals surface area contributed by atoms with Crippen LogP contribution in [0, 0.1) is 11.2 Å². The molecule has 0 saturated heterocycles. The standard InChI is InChI=1S/C12H16FNO3.ClH/c1-12(2,11(16)17-3)10(14)8-6-7(13)4-5-9(8)15;/h4-6,10,15H,14H2,1-3H3;1H/t10-;/m1./s1. The van der Waals surface area contributed by atoms with E-state index < -0.39 is 23.2 Å². The van der Waals surface area contributed by atoms with Gasteiger partial charge in [0.15, 0.2) is 0 Å². The molecule has 1 aromatic rings. The van der Waals surface area contributed by atoms with Gasteiger partial charge in [-0.3, -0.25) is 4.79 Å². The van der Waals surface area contributed by atoms with Gasteiger partial charge >= 0.3 is 5.97 Å². The first-order chi connectivity index (χ1) is 7.80. The highest BCUT2D eigenvalue weighted by molar-refractivity contribution is 5.85. The van der Waals surface area contributed by atoms with Crippen molar-refractivity contribution in [1.82, 2.24) is 0 Å². The fourth-order valence-corrected chi connectivity index (χ4v) is 1.55. The SMILES string of the molecule is COC(=O)C(C)(C)[C@H](N)c1cc(F)ccc1O.Cl. The molecule has 1 rings (SSSR count). The lowest BCUT2D eigenvalue weighted by Gasteiger charge is -2.29. The number of hydrogen-bond acceptors (Lipinski definition) is 4. The molecule has 0 aromatic heterocycles. The number of benzene rings is 1. The van der Waals surface area contributed by atoms with Crippen molar-refractivity contribution in [3.8, 4) is 5.75 Å². The lowest BCUT2D eigenvalue weighted by Crippen LogP contribution is -2.37. The molecule has 0 fully saturated rings. The van der Waals surface area contributed by atoms with Crippen molar-refractivity contribution in [2.24, 2.45) is 11.1 Å². The van der Waals surface area contributed by atoms with Gasteiger partial charge in [0, 0.05) is 11.6 Å². The monoisotopic (exact) mass is 277 g/mol. The van der Waals surface area contributed by atoms with Crippen molar-refractivity contribution in [3.05, 3.63) is 29.6 Å². The summed E-state index contributed by atoms with van der Waals surface area (Å²) in [6.45, 7) is 3.15. The van der Waals surface area contributed by atoms with Gasteiger partial charge in [0.25, 0.3) is 0 Å². The van der Waals surface area contributed by atoms with Crippen LogP contribution in [0.1, 0.15) is 25.5 Å². The van der Waals surface area contributed by atoms with Gasteiger partial charge in [-0.25, -0.2) is 4.39 Å². The molecule has 6 heteroatoms. The molecule has 0 saturated carbocycles. The second-order valence-electron chi connectivity index (χ2n) is 4.39. The van der Waals surface area contributed by atoms with E-state index in [0.29, 0.717) is 0 Å². The number of carbonyl (C=O) groups excluding carboxylic acids is 1. The molecule has 0 aliphatic carbocycles. The molecule has 4 nitrogen and oxygen atoms in total. The smallest absolute Gasteiger partial charge is 0.313 e. The summed E-state index contributed by atoms with van der Waals surface area (Å²) in [4.78, 5) is 11.6. The molecule has 0 aliphatic heterocycles. The average Bonchev–Trinajstić information content (AvgIpc) is 2.30. The van der Waals surface area contributed by atoms with Crippen molar-refractivity contribution < 1.29 is 19.0 Å². The Morgan fingerprint density at radius 3 is 2.56 bits per heavy atom. The van der Waals surface area contributed by atoms with Crippen LogP contribution in [0.5, 0.6) is 5.75 Å². The van der Waals surface area contributed by atoms with Gasteiger partial charge in [0.05, 0.1) is 12.5 Å². The van der Waals surface area contributed by atoms with Crippen LogP contribution in [0.15, 0.2) is 18.2 Å². The zero-order valence-electron chi connectivity index (χ0n) is 10.4. The number of nitrogens with two attached hydrogens (primary N) is 1. The van der Waals surface area contributed by atoms with E-state index in [1.807, 2.05) is 0 Å². The van der Waals surface area contributed by atoms with Gasteiger partial charge < -0.3 is 15.6 Å². The molecule has 0 radical (unpaired) electrons. The van der Waals surface area contributed by atoms with E-state index in [0.717, 1.165) is 12.1 Å². The zero-order chi connectivity index (χ0) is 13.2. The number of rotatable bonds is 3. The minimum Gasteiger partial charge on any atom is -0.508 e. The minimum absolute atomic E-state index is 0. The van der Waals surface area contributed by atoms with Gasteiger partial charge in [-0.05, 0) is 32.0 Å². The van der Waals surface area contributed by atoms with E-state index in [2.05, 4.69) is 4.74 Å². The van der Waals surface area contributed by atoms with Gasteiger partial charge in [-0.15, -0.1) is 12.4 Å². The minimum atomic E-state index is -1.06. The molecule has 3 N–H and O–H groups in total. The topological polar surface area (TPSA) is 72.5 Å². The number of halogens is 2. The number of aromatic hydroxyl groups is 1. The average molecular weight is 278 g/mol. The second kappa shape index (κ2) is 6.02. The maximum atomic E-state index is 13.1. The lowest BCUT2D eigenvalue weighted by molar-refractivity contribution is -0.152. The van der Waals surface area contributed by atoms with Crippen LogP contribution in [0.4, 0.5) is 4.39 Å². The van der Waals surface area contributed by atoms with E-state index >= 15 is 0 Å². The Hall–Kier alpha value is -1.33. The quantitative estimate of drug-likeness (QED) is 0.831. The predicted molar refractivity (Wildman–Crippen MR) is 68.0 cm³/mol. The van der Waals surface area contributed by atoms with Gasteiger partial charge in [0.1, 0.15) is 11.6 Å². The van der Waals surface area contributed by atoms with Crippen LogP contribution in [-0.4, -0.2) is 18.2 Å². The molecular weight excluding hydrogens is 261 g/mol. The number of phenolic OH excluding ortho intramolecular Hbond substituents is 1. The van der Waals surface area contributed by atoms with Gasteiger partial charge in [0.2, 0.25) is 0 Å². The van der Waals surface area contributed by atoms with Crippen LogP contribution in [0.2, 0.25) is 0 Å². The van der Waals surface area contributed by atoms with Crippen LogP contribution in [0.25, 0.3) is 0 Å². The van der Waals surface area contributed by atoms with Crippen LogP contribution in [0.3, 0.4) is 0 Å². The van der Waals surface area contributed by atoms with E-state index in [9.17, 15) is 14.3 Å². The Balaban J connectivity index is 0.00000289. The Kier molecular flexibility index (Phi) is 5.57. The van der Waals surface area contributed by atoms with Gasteiger partial charge in [-0.2, -0.15) is 0 Å². The predicted octanol–water partition coefficient (Wildman–Crippen LogP) is 2.15. The molecule has 1 aromatic carbocycles. The van der Waals surface area contributed by atoms with Crippen LogP contribution < -0.4 is 5.73 Å². The molecule has 18 heavy (non-hydrogen) atoms. The lowest BCUT2D eigenvalue weighted by atomic mass is 9.80. The van der Waals surface area contributed by atoms with Crippen LogP contribution in [-0.2, 0) is 9.53 Å². The fourth-order valence-electron chi connectivity index (χ4n) is 1.55. The van der Waals surface area contributed by atoms with Crippen molar-refractivity contribution >= 4 is 18.4 Å².